The summed E-state index contributed by atoms with van der Waals surface area (Å²) < 4.78 is 0. The van der Waals surface area contributed by atoms with Crippen LogP contribution in [0.2, 0.25) is 0 Å². The predicted molar refractivity (Wildman–Crippen MR) is 74.6 cm³/mol. The summed E-state index contributed by atoms with van der Waals surface area (Å²) in [5, 5.41) is 7.25. The van der Waals surface area contributed by atoms with Crippen molar-refractivity contribution in [3.05, 3.63) is 29.3 Å². The number of aryl methyl sites for hydroxylation is 2. The van der Waals surface area contributed by atoms with E-state index in [2.05, 4.69) is 56.5 Å². The third-order valence-electron chi connectivity index (χ3n) is 3.59. The van der Waals surface area contributed by atoms with E-state index in [9.17, 15) is 0 Å². The molecule has 1 heterocycles. The molecular formula is C15H24N2. The van der Waals surface area contributed by atoms with E-state index in [1.165, 1.54) is 29.7 Å². The molecule has 0 aliphatic carbocycles. The summed E-state index contributed by atoms with van der Waals surface area (Å²) in [6.07, 6.45) is 2.39. The van der Waals surface area contributed by atoms with Crippen LogP contribution < -0.4 is 10.6 Å². The highest BCUT2D eigenvalue weighted by Gasteiger charge is 2.27. The first-order valence-electron chi connectivity index (χ1n) is 6.55. The molecule has 2 nitrogen and oxygen atoms in total. The Hall–Kier alpha value is -1.02. The Labute approximate surface area is 105 Å². The van der Waals surface area contributed by atoms with Crippen LogP contribution in [0.5, 0.6) is 0 Å². The van der Waals surface area contributed by atoms with E-state index in [1.807, 2.05) is 0 Å². The molecule has 1 aliphatic heterocycles. The van der Waals surface area contributed by atoms with Crippen molar-refractivity contribution < 1.29 is 0 Å². The first kappa shape index (κ1) is 12.4. The zero-order valence-corrected chi connectivity index (χ0v) is 11.4. The fourth-order valence-corrected chi connectivity index (χ4v) is 2.69. The number of nitrogens with one attached hydrogen (secondary N) is 2. The molecule has 1 unspecified atom stereocenters. The van der Waals surface area contributed by atoms with Crippen molar-refractivity contribution in [3.63, 3.8) is 0 Å². The molecule has 1 aromatic carbocycles. The van der Waals surface area contributed by atoms with Crippen LogP contribution in [0.15, 0.2) is 18.2 Å². The van der Waals surface area contributed by atoms with Gasteiger partial charge in [0.15, 0.2) is 0 Å². The maximum atomic E-state index is 3.69. The second-order valence-corrected chi connectivity index (χ2v) is 5.96. The van der Waals surface area contributed by atoms with Gasteiger partial charge in [-0.3, -0.25) is 0 Å². The smallest absolute Gasteiger partial charge is 0.0372 e. The molecule has 0 aromatic heterocycles. The van der Waals surface area contributed by atoms with Gasteiger partial charge in [-0.15, -0.1) is 0 Å². The van der Waals surface area contributed by atoms with Gasteiger partial charge in [-0.25, -0.2) is 0 Å². The number of hydrogen-bond donors (Lipinski definition) is 2. The van der Waals surface area contributed by atoms with Crippen molar-refractivity contribution in [2.24, 2.45) is 0 Å². The Morgan fingerprint density at radius 3 is 2.71 bits per heavy atom. The fourth-order valence-electron chi connectivity index (χ4n) is 2.69. The predicted octanol–water partition coefficient (Wildman–Crippen LogP) is 3.25. The van der Waals surface area contributed by atoms with Gasteiger partial charge < -0.3 is 10.6 Å². The summed E-state index contributed by atoms with van der Waals surface area (Å²) in [5.74, 6) is 0. The normalized spacial score (nSPS) is 23.4. The van der Waals surface area contributed by atoms with Gasteiger partial charge in [0.05, 0.1) is 0 Å². The molecule has 0 spiro atoms. The Balaban J connectivity index is 2.05. The fraction of sp³-hybridized carbons (Fsp3) is 0.600. The van der Waals surface area contributed by atoms with Crippen LogP contribution in [0.25, 0.3) is 0 Å². The van der Waals surface area contributed by atoms with E-state index >= 15 is 0 Å². The second kappa shape index (κ2) is 4.69. The summed E-state index contributed by atoms with van der Waals surface area (Å²) >= 11 is 0. The van der Waals surface area contributed by atoms with Crippen molar-refractivity contribution in [2.45, 2.75) is 52.1 Å². The van der Waals surface area contributed by atoms with E-state index in [-0.39, 0.29) is 5.54 Å². The van der Waals surface area contributed by atoms with Crippen molar-refractivity contribution in [1.29, 1.82) is 0 Å². The summed E-state index contributed by atoms with van der Waals surface area (Å²) in [7, 11) is 0. The maximum absolute atomic E-state index is 3.69. The first-order valence-corrected chi connectivity index (χ1v) is 6.55. The number of rotatable bonds is 2. The minimum Gasteiger partial charge on any atom is -0.382 e. The van der Waals surface area contributed by atoms with Gasteiger partial charge in [-0.05, 0) is 58.7 Å². The Morgan fingerprint density at radius 1 is 1.29 bits per heavy atom. The molecule has 2 N–H and O–H groups in total. The quantitative estimate of drug-likeness (QED) is 0.818. The lowest BCUT2D eigenvalue weighted by Gasteiger charge is -2.37. The van der Waals surface area contributed by atoms with Crippen LogP contribution in [-0.4, -0.2) is 18.1 Å². The Morgan fingerprint density at radius 2 is 2.06 bits per heavy atom. The minimum absolute atomic E-state index is 0.258. The molecule has 1 fully saturated rings. The summed E-state index contributed by atoms with van der Waals surface area (Å²) in [4.78, 5) is 0. The van der Waals surface area contributed by atoms with Gasteiger partial charge in [0, 0.05) is 17.3 Å². The van der Waals surface area contributed by atoms with Gasteiger partial charge in [0.25, 0.3) is 0 Å². The van der Waals surface area contributed by atoms with E-state index in [0.29, 0.717) is 6.04 Å². The van der Waals surface area contributed by atoms with Crippen molar-refractivity contribution in [2.75, 3.05) is 11.9 Å². The van der Waals surface area contributed by atoms with Gasteiger partial charge >= 0.3 is 0 Å². The van der Waals surface area contributed by atoms with E-state index in [1.54, 1.807) is 0 Å². The molecular weight excluding hydrogens is 208 g/mol. The van der Waals surface area contributed by atoms with Gasteiger partial charge in [0.1, 0.15) is 0 Å². The van der Waals surface area contributed by atoms with Gasteiger partial charge in [-0.2, -0.15) is 0 Å². The van der Waals surface area contributed by atoms with Crippen LogP contribution in [0.4, 0.5) is 5.69 Å². The lowest BCUT2D eigenvalue weighted by Crippen LogP contribution is -2.50. The lowest BCUT2D eigenvalue weighted by atomic mass is 9.89. The topological polar surface area (TPSA) is 24.1 Å². The molecule has 1 aromatic rings. The molecule has 2 rings (SSSR count). The molecule has 0 radical (unpaired) electrons. The number of piperidine rings is 1. The van der Waals surface area contributed by atoms with Crippen molar-refractivity contribution in [3.8, 4) is 0 Å². The van der Waals surface area contributed by atoms with E-state index in [0.717, 1.165) is 6.54 Å². The summed E-state index contributed by atoms with van der Waals surface area (Å²) in [6, 6.07) is 7.23. The average Bonchev–Trinajstić information content (AvgIpc) is 2.21. The second-order valence-electron chi connectivity index (χ2n) is 5.96. The first-order chi connectivity index (χ1) is 7.96. The minimum atomic E-state index is 0.258. The summed E-state index contributed by atoms with van der Waals surface area (Å²) in [6.45, 7) is 9.99. The monoisotopic (exact) mass is 232 g/mol. The molecule has 17 heavy (non-hydrogen) atoms. The molecule has 2 heteroatoms. The summed E-state index contributed by atoms with van der Waals surface area (Å²) in [5.41, 5.74) is 4.23. The number of anilines is 1. The highest BCUT2D eigenvalue weighted by atomic mass is 15.0. The Bertz CT molecular complexity index is 396. The number of hydrogen-bond acceptors (Lipinski definition) is 2. The average molecular weight is 232 g/mol. The number of benzene rings is 1. The van der Waals surface area contributed by atoms with Crippen LogP contribution in [0, 0.1) is 13.8 Å². The van der Waals surface area contributed by atoms with E-state index < -0.39 is 0 Å². The van der Waals surface area contributed by atoms with Crippen LogP contribution >= 0.6 is 0 Å². The Kier molecular flexibility index (Phi) is 3.43. The van der Waals surface area contributed by atoms with Crippen LogP contribution in [0.1, 0.15) is 37.8 Å². The molecule has 94 valence electrons. The molecule has 0 amide bonds. The zero-order chi connectivity index (χ0) is 12.5. The maximum Gasteiger partial charge on any atom is 0.0372 e. The molecule has 0 bridgehead atoms. The zero-order valence-electron chi connectivity index (χ0n) is 11.4. The third-order valence-corrected chi connectivity index (χ3v) is 3.59. The van der Waals surface area contributed by atoms with Crippen LogP contribution in [-0.2, 0) is 0 Å². The highest BCUT2D eigenvalue weighted by molar-refractivity contribution is 5.52. The van der Waals surface area contributed by atoms with Crippen molar-refractivity contribution in [1.82, 2.24) is 5.32 Å². The van der Waals surface area contributed by atoms with Gasteiger partial charge in [-0.1, -0.05) is 17.7 Å². The van der Waals surface area contributed by atoms with Crippen LogP contribution in [0.3, 0.4) is 0 Å². The van der Waals surface area contributed by atoms with Gasteiger partial charge in [0.2, 0.25) is 0 Å². The van der Waals surface area contributed by atoms with Crippen molar-refractivity contribution >= 4 is 5.69 Å². The highest BCUT2D eigenvalue weighted by Crippen LogP contribution is 2.24. The largest absolute Gasteiger partial charge is 0.382 e. The molecule has 1 saturated heterocycles. The third kappa shape index (κ3) is 3.22. The van der Waals surface area contributed by atoms with E-state index in [4.69, 9.17) is 0 Å². The lowest BCUT2D eigenvalue weighted by molar-refractivity contribution is 0.286. The molecule has 0 saturated carbocycles. The standard InChI is InChI=1S/C15H24N2/c1-11-5-6-14(12(2)9-11)17-13-7-8-16-15(3,4)10-13/h5-6,9,13,16-17H,7-8,10H2,1-4H3. The molecule has 1 aliphatic rings. The molecule has 1 atom stereocenters. The SMILES string of the molecule is Cc1ccc(NC2CCNC(C)(C)C2)c(C)c1.